The van der Waals surface area contributed by atoms with Gasteiger partial charge in [0, 0.05) is 38.4 Å². The summed E-state index contributed by atoms with van der Waals surface area (Å²) in [6.07, 6.45) is -0.367. The number of hydrogen-bond acceptors (Lipinski definition) is 6. The summed E-state index contributed by atoms with van der Waals surface area (Å²) < 4.78 is 38.3. The molecule has 34 heavy (non-hydrogen) atoms. The zero-order valence-electron chi connectivity index (χ0n) is 18.6. The number of benzene rings is 1. The molecule has 11 heteroatoms. The first-order valence-electron chi connectivity index (χ1n) is 10.6. The molecule has 0 spiro atoms. The minimum absolute atomic E-state index is 0.0723. The second-order valence-electron chi connectivity index (χ2n) is 8.03. The number of hydrogen-bond donors (Lipinski definition) is 0. The standard InChI is InChI=1S/C23H22F3N5O2S/c1-14-11-28-18(12-27-14)7-8-19(32)20-15(2)29-21(34-20)31-10-9-30(22(31)33)13-16-3-5-17(6-4-16)23(24,25)26/h3-6,11-12H,7-10,13H2,1-2H3. The van der Waals surface area contributed by atoms with E-state index in [2.05, 4.69) is 15.0 Å². The lowest BCUT2D eigenvalue weighted by molar-refractivity contribution is -0.137. The van der Waals surface area contributed by atoms with E-state index in [4.69, 9.17) is 0 Å². The average Bonchev–Trinajstić information content (AvgIpc) is 3.35. The van der Waals surface area contributed by atoms with Crippen LogP contribution in [-0.2, 0) is 19.1 Å². The monoisotopic (exact) mass is 489 g/mol. The third-order valence-corrected chi connectivity index (χ3v) is 6.68. The van der Waals surface area contributed by atoms with Gasteiger partial charge in [0.15, 0.2) is 10.9 Å². The molecule has 1 fully saturated rings. The smallest absolute Gasteiger partial charge is 0.318 e. The summed E-state index contributed by atoms with van der Waals surface area (Å²) in [5.41, 5.74) is 1.98. The van der Waals surface area contributed by atoms with E-state index >= 15 is 0 Å². The largest absolute Gasteiger partial charge is 0.416 e. The van der Waals surface area contributed by atoms with Crippen molar-refractivity contribution < 1.29 is 22.8 Å². The summed E-state index contributed by atoms with van der Waals surface area (Å²) in [6, 6.07) is 4.49. The molecule has 2 aromatic heterocycles. The number of Topliss-reactive ketones (excluding diaryl/α,β-unsaturated/α-hetero) is 1. The second-order valence-corrected chi connectivity index (χ2v) is 9.01. The van der Waals surface area contributed by atoms with Gasteiger partial charge in [-0.25, -0.2) is 9.78 Å². The van der Waals surface area contributed by atoms with Gasteiger partial charge in [-0.2, -0.15) is 13.2 Å². The number of halogens is 3. The number of amides is 2. The number of ketones is 1. The van der Waals surface area contributed by atoms with E-state index in [0.29, 0.717) is 40.8 Å². The Bertz CT molecular complexity index is 1190. The van der Waals surface area contributed by atoms with Gasteiger partial charge in [-0.1, -0.05) is 23.5 Å². The van der Waals surface area contributed by atoms with Gasteiger partial charge in [0.25, 0.3) is 0 Å². The highest BCUT2D eigenvalue weighted by molar-refractivity contribution is 7.17. The third-order valence-electron chi connectivity index (χ3n) is 5.46. The number of anilines is 1. The van der Waals surface area contributed by atoms with Crippen molar-refractivity contribution in [1.29, 1.82) is 0 Å². The van der Waals surface area contributed by atoms with Gasteiger partial charge in [0.2, 0.25) is 0 Å². The second kappa shape index (κ2) is 9.49. The molecule has 3 heterocycles. The lowest BCUT2D eigenvalue weighted by Gasteiger charge is -2.17. The van der Waals surface area contributed by atoms with Crippen molar-refractivity contribution in [2.45, 2.75) is 39.4 Å². The number of thiazole rings is 1. The highest BCUT2D eigenvalue weighted by atomic mass is 32.1. The van der Waals surface area contributed by atoms with E-state index in [0.717, 1.165) is 23.5 Å². The summed E-state index contributed by atoms with van der Waals surface area (Å²) in [6.45, 7) is 4.57. The molecule has 178 valence electrons. The normalized spacial score (nSPS) is 14.2. The van der Waals surface area contributed by atoms with Gasteiger partial charge in [0.1, 0.15) is 0 Å². The van der Waals surface area contributed by atoms with E-state index in [1.165, 1.54) is 28.4 Å². The fourth-order valence-electron chi connectivity index (χ4n) is 3.59. The summed E-state index contributed by atoms with van der Waals surface area (Å²) in [7, 11) is 0. The van der Waals surface area contributed by atoms with Crippen molar-refractivity contribution in [1.82, 2.24) is 19.9 Å². The number of carbonyl (C=O) groups is 2. The molecule has 1 aliphatic rings. The average molecular weight is 490 g/mol. The molecule has 0 radical (unpaired) electrons. The van der Waals surface area contributed by atoms with Gasteiger partial charge >= 0.3 is 12.2 Å². The third kappa shape index (κ3) is 5.24. The maximum Gasteiger partial charge on any atom is 0.416 e. The van der Waals surface area contributed by atoms with Crippen molar-refractivity contribution in [2.24, 2.45) is 0 Å². The Morgan fingerprint density at radius 3 is 2.47 bits per heavy atom. The number of aromatic nitrogens is 3. The van der Waals surface area contributed by atoms with E-state index in [9.17, 15) is 22.8 Å². The first-order valence-corrected chi connectivity index (χ1v) is 11.4. The molecule has 2 amide bonds. The predicted molar refractivity (Wildman–Crippen MR) is 121 cm³/mol. The van der Waals surface area contributed by atoms with E-state index in [1.54, 1.807) is 24.2 Å². The fourth-order valence-corrected chi connectivity index (χ4v) is 4.64. The Kier molecular flexibility index (Phi) is 6.65. The molecule has 7 nitrogen and oxygen atoms in total. The predicted octanol–water partition coefficient (Wildman–Crippen LogP) is 4.83. The zero-order valence-corrected chi connectivity index (χ0v) is 19.4. The number of alkyl halides is 3. The molecule has 1 aliphatic heterocycles. The Morgan fingerprint density at radius 2 is 1.82 bits per heavy atom. The van der Waals surface area contributed by atoms with Gasteiger partial charge in [-0.3, -0.25) is 19.7 Å². The SMILES string of the molecule is Cc1cnc(CCC(=O)c2sc(N3CCN(Cc4ccc(C(F)(F)F)cc4)C3=O)nc2C)cn1. The topological polar surface area (TPSA) is 79.3 Å². The molecule has 0 N–H and O–H groups in total. The Morgan fingerprint density at radius 1 is 1.09 bits per heavy atom. The zero-order chi connectivity index (χ0) is 24.5. The summed E-state index contributed by atoms with van der Waals surface area (Å²) in [5, 5.41) is 0.441. The van der Waals surface area contributed by atoms with Crippen LogP contribution >= 0.6 is 11.3 Å². The molecule has 3 aromatic rings. The summed E-state index contributed by atoms with van der Waals surface area (Å²) in [5.74, 6) is -0.0723. The molecule has 1 saturated heterocycles. The van der Waals surface area contributed by atoms with Crippen LogP contribution in [0.1, 0.15) is 44.3 Å². The quantitative estimate of drug-likeness (QED) is 0.445. The summed E-state index contributed by atoms with van der Waals surface area (Å²) in [4.78, 5) is 42.1. The number of rotatable bonds is 7. The van der Waals surface area contributed by atoms with E-state index < -0.39 is 11.7 Å². The Balaban J connectivity index is 1.39. The van der Waals surface area contributed by atoms with Crippen LogP contribution < -0.4 is 4.90 Å². The van der Waals surface area contributed by atoms with Crippen LogP contribution in [0, 0.1) is 13.8 Å². The Hall–Kier alpha value is -3.34. The molecule has 0 saturated carbocycles. The number of urea groups is 1. The highest BCUT2D eigenvalue weighted by Crippen LogP contribution is 2.31. The number of aryl methyl sites for hydroxylation is 3. The van der Waals surface area contributed by atoms with Crippen molar-refractivity contribution >= 4 is 28.3 Å². The van der Waals surface area contributed by atoms with Crippen LogP contribution in [0.3, 0.4) is 0 Å². The van der Waals surface area contributed by atoms with Gasteiger partial charge in [0.05, 0.1) is 27.5 Å². The lowest BCUT2D eigenvalue weighted by atomic mass is 10.1. The molecular formula is C23H22F3N5O2S. The molecule has 4 rings (SSSR count). The number of carbonyl (C=O) groups excluding carboxylic acids is 2. The highest BCUT2D eigenvalue weighted by Gasteiger charge is 2.33. The molecular weight excluding hydrogens is 467 g/mol. The van der Waals surface area contributed by atoms with Crippen LogP contribution in [0.4, 0.5) is 23.1 Å². The minimum Gasteiger partial charge on any atom is -0.318 e. The van der Waals surface area contributed by atoms with Gasteiger partial charge in [-0.05, 0) is 38.0 Å². The maximum absolute atomic E-state index is 12.9. The Labute approximate surface area is 198 Å². The first kappa shape index (κ1) is 23.8. The van der Waals surface area contributed by atoms with Crippen LogP contribution in [-0.4, -0.2) is 44.8 Å². The number of nitrogens with zero attached hydrogens (tertiary/aromatic N) is 5. The van der Waals surface area contributed by atoms with Crippen LogP contribution in [0.2, 0.25) is 0 Å². The summed E-state index contributed by atoms with van der Waals surface area (Å²) >= 11 is 1.18. The fraction of sp³-hybridized carbons (Fsp3) is 0.348. The van der Waals surface area contributed by atoms with Gasteiger partial charge in [-0.15, -0.1) is 0 Å². The molecule has 0 unspecified atom stereocenters. The van der Waals surface area contributed by atoms with E-state index in [-0.39, 0.29) is 24.8 Å². The van der Waals surface area contributed by atoms with Gasteiger partial charge < -0.3 is 4.90 Å². The molecule has 0 bridgehead atoms. The van der Waals surface area contributed by atoms with Crippen LogP contribution in [0.15, 0.2) is 36.7 Å². The van der Waals surface area contributed by atoms with Crippen molar-refractivity contribution in [3.63, 3.8) is 0 Å². The van der Waals surface area contributed by atoms with E-state index in [1.807, 2.05) is 6.92 Å². The van der Waals surface area contributed by atoms with Crippen molar-refractivity contribution in [2.75, 3.05) is 18.0 Å². The van der Waals surface area contributed by atoms with Crippen LogP contribution in [0.5, 0.6) is 0 Å². The van der Waals surface area contributed by atoms with Crippen molar-refractivity contribution in [3.8, 4) is 0 Å². The maximum atomic E-state index is 12.9. The molecule has 0 atom stereocenters. The first-order chi connectivity index (χ1) is 16.1. The lowest BCUT2D eigenvalue weighted by Crippen LogP contribution is -2.31. The molecule has 1 aromatic carbocycles. The van der Waals surface area contributed by atoms with Crippen molar-refractivity contribution in [3.05, 3.63) is 69.7 Å². The van der Waals surface area contributed by atoms with Crippen LogP contribution in [0.25, 0.3) is 0 Å². The minimum atomic E-state index is -4.40. The molecule has 0 aliphatic carbocycles.